The highest BCUT2D eigenvalue weighted by Crippen LogP contribution is 2.65. The Bertz CT molecular complexity index is 1960. The van der Waals surface area contributed by atoms with E-state index >= 15 is 0 Å². The van der Waals surface area contributed by atoms with Crippen LogP contribution in [0.4, 0.5) is 9.93 Å². The highest BCUT2D eigenvalue weighted by molar-refractivity contribution is 7.14. The lowest BCUT2D eigenvalue weighted by Gasteiger charge is -2.64. The zero-order chi connectivity index (χ0) is 40.6. The molecule has 5 atom stereocenters. The van der Waals surface area contributed by atoms with Crippen LogP contribution in [0.2, 0.25) is 0 Å². The molecule has 13 nitrogen and oxygen atoms in total. The van der Waals surface area contributed by atoms with Crippen molar-refractivity contribution in [3.8, 4) is 5.75 Å². The van der Waals surface area contributed by atoms with E-state index in [4.69, 9.17) is 28.4 Å². The van der Waals surface area contributed by atoms with Crippen LogP contribution in [-0.2, 0) is 41.4 Å². The van der Waals surface area contributed by atoms with Gasteiger partial charge in [-0.05, 0) is 102 Å². The molecule has 7 rings (SSSR count). The van der Waals surface area contributed by atoms with Crippen molar-refractivity contribution in [2.45, 2.75) is 117 Å². The molecule has 0 radical (unpaired) electrons. The van der Waals surface area contributed by atoms with Gasteiger partial charge in [0.25, 0.3) is 5.91 Å². The number of nitrogens with one attached hydrogen (secondary N) is 2. The molecule has 2 heterocycles. The minimum absolute atomic E-state index is 0.0933. The van der Waals surface area contributed by atoms with Crippen LogP contribution in [-0.4, -0.2) is 71.7 Å². The molecule has 2 aromatic carbocycles. The van der Waals surface area contributed by atoms with Gasteiger partial charge in [0.15, 0.2) is 10.8 Å². The zero-order valence-electron chi connectivity index (χ0n) is 33.9. The number of para-hydroxylation sites is 1. The van der Waals surface area contributed by atoms with Gasteiger partial charge >= 0.3 is 19.2 Å². The van der Waals surface area contributed by atoms with E-state index < -0.39 is 47.8 Å². The van der Waals surface area contributed by atoms with Gasteiger partial charge in [0.2, 0.25) is 0 Å². The van der Waals surface area contributed by atoms with E-state index in [9.17, 15) is 14.4 Å². The third kappa shape index (κ3) is 9.05. The fraction of sp³-hybridized carbons (Fsp3) is 0.537. The first-order chi connectivity index (χ1) is 26.3. The van der Waals surface area contributed by atoms with Crippen molar-refractivity contribution in [2.24, 2.45) is 22.4 Å². The summed E-state index contributed by atoms with van der Waals surface area (Å²) in [4.78, 5) is 50.7. The maximum Gasteiger partial charge on any atom is 0.482 e. The average Bonchev–Trinajstić information content (AvgIpc) is 3.72. The van der Waals surface area contributed by atoms with E-state index in [1.165, 1.54) is 7.11 Å². The number of thiazole rings is 1. The second-order valence-electron chi connectivity index (χ2n) is 17.5. The van der Waals surface area contributed by atoms with E-state index in [2.05, 4.69) is 41.5 Å². The van der Waals surface area contributed by atoms with Gasteiger partial charge in [-0.3, -0.25) is 10.1 Å². The number of hydrogen-bond donors (Lipinski definition) is 2. The molecule has 2 unspecified atom stereocenters. The molecule has 1 saturated heterocycles. The maximum atomic E-state index is 14.5. The van der Waals surface area contributed by atoms with Crippen molar-refractivity contribution < 1.29 is 42.7 Å². The summed E-state index contributed by atoms with van der Waals surface area (Å²) in [5.74, 6) is -0.820. The quantitative estimate of drug-likeness (QED) is 0.0823. The summed E-state index contributed by atoms with van der Waals surface area (Å²) in [7, 11) is 0.638. The molecular formula is C41H53BN4O9S. The Hall–Kier alpha value is -4.47. The fourth-order valence-electron chi connectivity index (χ4n) is 8.02. The summed E-state index contributed by atoms with van der Waals surface area (Å²) in [5, 5.41) is 11.9. The van der Waals surface area contributed by atoms with Crippen LogP contribution in [0, 0.1) is 17.3 Å². The Morgan fingerprint density at radius 3 is 2.38 bits per heavy atom. The lowest BCUT2D eigenvalue weighted by Crippen LogP contribution is -2.65. The number of methoxy groups -OCH3 is 1. The van der Waals surface area contributed by atoms with E-state index in [1.54, 1.807) is 59.1 Å². The number of anilines is 1. The number of rotatable bonds is 12. The first-order valence-electron chi connectivity index (χ1n) is 19.0. The Kier molecular flexibility index (Phi) is 11.6. The number of aromatic nitrogens is 1. The molecule has 3 saturated carbocycles. The Balaban J connectivity index is 1.33. The van der Waals surface area contributed by atoms with E-state index in [-0.39, 0.29) is 52.6 Å². The van der Waals surface area contributed by atoms with Crippen LogP contribution in [0.1, 0.15) is 102 Å². The van der Waals surface area contributed by atoms with Crippen molar-refractivity contribution in [3.05, 3.63) is 76.3 Å². The molecule has 4 fully saturated rings. The number of esters is 1. The van der Waals surface area contributed by atoms with Crippen molar-refractivity contribution in [3.63, 3.8) is 0 Å². The number of hydrogen-bond acceptors (Lipinski definition) is 12. The molecule has 300 valence electrons. The number of amides is 2. The Morgan fingerprint density at radius 1 is 1.00 bits per heavy atom. The monoisotopic (exact) mass is 788 g/mol. The normalized spacial score (nSPS) is 23.3. The number of carbonyl (C=O) groups excluding carboxylic acids is 3. The third-order valence-corrected chi connectivity index (χ3v) is 11.5. The Labute approximate surface area is 333 Å². The van der Waals surface area contributed by atoms with Crippen molar-refractivity contribution in [1.29, 1.82) is 0 Å². The predicted molar refractivity (Wildman–Crippen MR) is 214 cm³/mol. The summed E-state index contributed by atoms with van der Waals surface area (Å²) in [6, 6.07) is 14.7. The molecule has 2 amide bonds. The highest BCUT2D eigenvalue weighted by atomic mass is 32.1. The van der Waals surface area contributed by atoms with Gasteiger partial charge in [-0.15, -0.1) is 11.3 Å². The summed E-state index contributed by atoms with van der Waals surface area (Å²) < 4.78 is 30.5. The first kappa shape index (κ1) is 41.2. The van der Waals surface area contributed by atoms with E-state index in [0.29, 0.717) is 17.2 Å². The summed E-state index contributed by atoms with van der Waals surface area (Å²) in [6.07, 6.45) is 1.22. The Morgan fingerprint density at radius 2 is 1.71 bits per heavy atom. The second kappa shape index (κ2) is 15.8. The van der Waals surface area contributed by atoms with Crippen LogP contribution in [0.15, 0.2) is 59.1 Å². The summed E-state index contributed by atoms with van der Waals surface area (Å²) >= 11 is 1.11. The van der Waals surface area contributed by atoms with Gasteiger partial charge in [-0.1, -0.05) is 61.5 Å². The van der Waals surface area contributed by atoms with Gasteiger partial charge in [-0.25, -0.2) is 14.6 Å². The number of benzene rings is 2. The number of nitrogens with zero attached hydrogens (tertiary/aromatic N) is 2. The molecule has 1 aliphatic heterocycles. The topological polar surface area (TPSA) is 156 Å². The van der Waals surface area contributed by atoms with E-state index in [1.807, 2.05) is 36.4 Å². The fourth-order valence-corrected chi connectivity index (χ4v) is 8.70. The molecule has 15 heteroatoms. The summed E-state index contributed by atoms with van der Waals surface area (Å²) in [5.41, 5.74) is -0.135. The standard InChI is InChI=1S/C41H53BN4O9S/c1-38(2,3)52-35(48)27-18-14-17-25(33(27)50-10)19-31(42-54-30-21-26-20-29(40(26,7)8)41(30,9)55-42)44-34(47)32(46-51-22-24-15-12-11-13-16-24)28-23-56-36(43-28)45-37(49)53-39(4,5)6/h11-18,23,26,29-31H,19-22H2,1-10H3,(H,44,47)(H,43,45,49)/b46-32-/t26-,29+,30?,31?,41+/m1/s1. The maximum absolute atomic E-state index is 14.5. The van der Waals surface area contributed by atoms with Gasteiger partial charge < -0.3 is 33.7 Å². The molecule has 3 aromatic rings. The number of oxime groups is 1. The number of ether oxygens (including phenoxy) is 3. The van der Waals surface area contributed by atoms with Crippen LogP contribution in [0.3, 0.4) is 0 Å². The smallest absolute Gasteiger partial charge is 0.482 e. The van der Waals surface area contributed by atoms with Crippen LogP contribution < -0.4 is 15.4 Å². The molecule has 3 aliphatic carbocycles. The predicted octanol–water partition coefficient (Wildman–Crippen LogP) is 7.37. The van der Waals surface area contributed by atoms with Crippen molar-refractivity contribution >= 4 is 47.3 Å². The molecule has 2 bridgehead atoms. The van der Waals surface area contributed by atoms with Gasteiger partial charge in [0.05, 0.1) is 24.8 Å². The molecular weight excluding hydrogens is 735 g/mol. The highest BCUT2D eigenvalue weighted by Gasteiger charge is 2.68. The molecule has 56 heavy (non-hydrogen) atoms. The lowest BCUT2D eigenvalue weighted by molar-refractivity contribution is -0.199. The van der Waals surface area contributed by atoms with E-state index in [0.717, 1.165) is 29.7 Å². The van der Waals surface area contributed by atoms with Crippen LogP contribution in [0.25, 0.3) is 0 Å². The minimum Gasteiger partial charge on any atom is -0.496 e. The van der Waals surface area contributed by atoms with Crippen LogP contribution >= 0.6 is 11.3 Å². The number of carbonyl (C=O) groups is 3. The molecule has 2 N–H and O–H groups in total. The molecule has 1 aromatic heterocycles. The molecule has 4 aliphatic rings. The zero-order valence-corrected chi connectivity index (χ0v) is 34.7. The minimum atomic E-state index is -0.856. The first-order valence-corrected chi connectivity index (χ1v) is 19.9. The average molecular weight is 789 g/mol. The second-order valence-corrected chi connectivity index (χ2v) is 18.3. The summed E-state index contributed by atoms with van der Waals surface area (Å²) in [6.45, 7) is 17.5. The van der Waals surface area contributed by atoms with Gasteiger partial charge in [0.1, 0.15) is 34.8 Å². The van der Waals surface area contributed by atoms with Gasteiger partial charge in [-0.2, -0.15) is 0 Å². The molecule has 0 spiro atoms. The SMILES string of the molecule is COc1c(CC(NC(=O)/C(=N\OCc2ccccc2)c2csc(NC(=O)OC(C)(C)C)n2)B2OC3C[C@H]4C[C@@H](C4(C)C)[C@]3(C)O2)cccc1C(=O)OC(C)(C)C. The van der Waals surface area contributed by atoms with Crippen molar-refractivity contribution in [1.82, 2.24) is 10.3 Å². The van der Waals surface area contributed by atoms with Crippen molar-refractivity contribution in [2.75, 3.05) is 12.4 Å². The third-order valence-electron chi connectivity index (χ3n) is 10.8. The van der Waals surface area contributed by atoms with Crippen LogP contribution in [0.5, 0.6) is 5.75 Å². The largest absolute Gasteiger partial charge is 0.496 e. The lowest BCUT2D eigenvalue weighted by atomic mass is 9.43. The van der Waals surface area contributed by atoms with Gasteiger partial charge in [0, 0.05) is 5.38 Å².